The van der Waals surface area contributed by atoms with Gasteiger partial charge >= 0.3 is 0 Å². The third kappa shape index (κ3) is 3.74. The number of benzene rings is 1. The zero-order valence-corrected chi connectivity index (χ0v) is 12.5. The summed E-state index contributed by atoms with van der Waals surface area (Å²) in [6.45, 7) is 2.06. The van der Waals surface area contributed by atoms with Crippen LogP contribution in [0.1, 0.15) is 22.8 Å². The molecule has 0 aliphatic carbocycles. The summed E-state index contributed by atoms with van der Waals surface area (Å²) in [6.07, 6.45) is 6.82. The van der Waals surface area contributed by atoms with Crippen molar-refractivity contribution in [2.75, 3.05) is 6.79 Å². The Morgan fingerprint density at radius 1 is 1.22 bits per heavy atom. The van der Waals surface area contributed by atoms with E-state index in [1.807, 2.05) is 30.4 Å². The van der Waals surface area contributed by atoms with Crippen LogP contribution in [0.15, 0.2) is 53.9 Å². The SMILES string of the molecule is CC(/C=C/c1ccc2c(c1)OCO2)=N/NC(=O)c1ccncc1. The van der Waals surface area contributed by atoms with Crippen LogP contribution in [-0.4, -0.2) is 23.4 Å². The summed E-state index contributed by atoms with van der Waals surface area (Å²) in [5.74, 6) is 1.20. The van der Waals surface area contributed by atoms with Crippen LogP contribution in [0.25, 0.3) is 6.08 Å². The van der Waals surface area contributed by atoms with Gasteiger partial charge in [-0.05, 0) is 42.8 Å². The summed E-state index contributed by atoms with van der Waals surface area (Å²) in [6, 6.07) is 8.93. The number of hydrogen-bond donors (Lipinski definition) is 1. The lowest BCUT2D eigenvalue weighted by Crippen LogP contribution is -2.18. The number of carbonyl (C=O) groups is 1. The minimum absolute atomic E-state index is 0.254. The maximum Gasteiger partial charge on any atom is 0.271 e. The van der Waals surface area contributed by atoms with E-state index in [1.54, 1.807) is 31.5 Å². The fourth-order valence-electron chi connectivity index (χ4n) is 1.98. The molecule has 6 heteroatoms. The van der Waals surface area contributed by atoms with E-state index in [2.05, 4.69) is 15.5 Å². The summed E-state index contributed by atoms with van der Waals surface area (Å²) in [5.41, 5.74) is 4.65. The third-order valence-electron chi connectivity index (χ3n) is 3.19. The Hall–Kier alpha value is -3.15. The minimum atomic E-state index is -0.275. The van der Waals surface area contributed by atoms with Gasteiger partial charge in [-0.1, -0.05) is 12.1 Å². The van der Waals surface area contributed by atoms with Crippen molar-refractivity contribution in [1.29, 1.82) is 0 Å². The minimum Gasteiger partial charge on any atom is -0.454 e. The van der Waals surface area contributed by atoms with Crippen LogP contribution in [-0.2, 0) is 0 Å². The molecule has 1 aliphatic heterocycles. The molecular formula is C17H15N3O3. The molecule has 23 heavy (non-hydrogen) atoms. The Morgan fingerprint density at radius 3 is 2.83 bits per heavy atom. The zero-order chi connectivity index (χ0) is 16.1. The molecule has 0 bridgehead atoms. The summed E-state index contributed by atoms with van der Waals surface area (Å²) < 4.78 is 10.6. The molecule has 116 valence electrons. The van der Waals surface area contributed by atoms with Gasteiger partial charge in [-0.25, -0.2) is 5.43 Å². The Bertz CT molecular complexity index is 770. The van der Waals surface area contributed by atoms with Crippen LogP contribution in [0, 0.1) is 0 Å². The highest BCUT2D eigenvalue weighted by Gasteiger charge is 2.12. The first-order valence-electron chi connectivity index (χ1n) is 7.05. The Labute approximate surface area is 133 Å². The van der Waals surface area contributed by atoms with E-state index >= 15 is 0 Å². The molecule has 0 saturated heterocycles. The zero-order valence-electron chi connectivity index (χ0n) is 12.5. The van der Waals surface area contributed by atoms with Crippen LogP contribution in [0.3, 0.4) is 0 Å². The van der Waals surface area contributed by atoms with E-state index < -0.39 is 0 Å². The number of hydrazone groups is 1. The van der Waals surface area contributed by atoms with Crippen LogP contribution in [0.4, 0.5) is 0 Å². The van der Waals surface area contributed by atoms with Crippen molar-refractivity contribution in [1.82, 2.24) is 10.4 Å². The molecule has 2 aromatic rings. The van der Waals surface area contributed by atoms with Crippen molar-refractivity contribution in [2.45, 2.75) is 6.92 Å². The number of ether oxygens (including phenoxy) is 2. The average Bonchev–Trinajstić information content (AvgIpc) is 3.06. The standard InChI is InChI=1S/C17H15N3O3/c1-12(19-20-17(21)14-6-8-18-9-7-14)2-3-13-4-5-15-16(10-13)23-11-22-15/h2-10H,11H2,1H3,(H,20,21)/b3-2+,19-12-. The van der Waals surface area contributed by atoms with Crippen molar-refractivity contribution < 1.29 is 14.3 Å². The van der Waals surface area contributed by atoms with Crippen LogP contribution in [0.5, 0.6) is 11.5 Å². The molecule has 0 atom stereocenters. The summed E-state index contributed by atoms with van der Waals surface area (Å²) in [5, 5.41) is 4.04. The second kappa shape index (κ2) is 6.74. The molecule has 1 aromatic carbocycles. The monoisotopic (exact) mass is 309 g/mol. The Balaban J connectivity index is 1.62. The third-order valence-corrected chi connectivity index (χ3v) is 3.19. The van der Waals surface area contributed by atoms with Crippen molar-refractivity contribution in [2.24, 2.45) is 5.10 Å². The van der Waals surface area contributed by atoms with Gasteiger partial charge in [-0.3, -0.25) is 9.78 Å². The number of nitrogens with one attached hydrogen (secondary N) is 1. The first kappa shape index (κ1) is 14.8. The van der Waals surface area contributed by atoms with Gasteiger partial charge in [0.05, 0.1) is 5.71 Å². The maximum atomic E-state index is 11.9. The van der Waals surface area contributed by atoms with Gasteiger partial charge in [0.25, 0.3) is 5.91 Å². The number of allylic oxidation sites excluding steroid dienone is 1. The number of nitrogens with zero attached hydrogens (tertiary/aromatic N) is 2. The fourth-order valence-corrected chi connectivity index (χ4v) is 1.98. The van der Waals surface area contributed by atoms with Gasteiger partial charge in [0.15, 0.2) is 11.5 Å². The van der Waals surface area contributed by atoms with E-state index in [1.165, 1.54) is 0 Å². The Morgan fingerprint density at radius 2 is 2.00 bits per heavy atom. The molecule has 0 spiro atoms. The van der Waals surface area contributed by atoms with Gasteiger partial charge in [-0.2, -0.15) is 5.10 Å². The molecular weight excluding hydrogens is 294 g/mol. The molecule has 0 unspecified atom stereocenters. The van der Waals surface area contributed by atoms with Crippen LogP contribution in [0.2, 0.25) is 0 Å². The summed E-state index contributed by atoms with van der Waals surface area (Å²) in [7, 11) is 0. The number of rotatable bonds is 4. The number of amides is 1. The van der Waals surface area contributed by atoms with E-state index in [0.717, 1.165) is 17.1 Å². The highest BCUT2D eigenvalue weighted by molar-refractivity contribution is 5.99. The van der Waals surface area contributed by atoms with Gasteiger partial charge in [0.2, 0.25) is 6.79 Å². The molecule has 2 heterocycles. The lowest BCUT2D eigenvalue weighted by molar-refractivity contribution is 0.0954. The summed E-state index contributed by atoms with van der Waals surface area (Å²) >= 11 is 0. The van der Waals surface area contributed by atoms with Crippen LogP contribution >= 0.6 is 0 Å². The van der Waals surface area contributed by atoms with Crippen molar-refractivity contribution in [3.63, 3.8) is 0 Å². The summed E-state index contributed by atoms with van der Waals surface area (Å²) in [4.78, 5) is 15.7. The largest absolute Gasteiger partial charge is 0.454 e. The van der Waals surface area contributed by atoms with Gasteiger partial charge in [0, 0.05) is 18.0 Å². The van der Waals surface area contributed by atoms with E-state index in [4.69, 9.17) is 9.47 Å². The van der Waals surface area contributed by atoms with Crippen molar-refractivity contribution in [3.05, 3.63) is 59.9 Å². The van der Waals surface area contributed by atoms with E-state index in [0.29, 0.717) is 11.3 Å². The predicted molar refractivity (Wildman–Crippen MR) is 86.4 cm³/mol. The number of hydrogen-bond acceptors (Lipinski definition) is 5. The highest BCUT2D eigenvalue weighted by Crippen LogP contribution is 2.32. The maximum absolute atomic E-state index is 11.9. The lowest BCUT2D eigenvalue weighted by atomic mass is 10.2. The molecule has 1 aromatic heterocycles. The molecule has 3 rings (SSSR count). The molecule has 6 nitrogen and oxygen atoms in total. The molecule has 1 N–H and O–H groups in total. The number of carbonyl (C=O) groups excluding carboxylic acids is 1. The first-order chi connectivity index (χ1) is 11.2. The smallest absolute Gasteiger partial charge is 0.271 e. The first-order valence-corrected chi connectivity index (χ1v) is 7.05. The van der Waals surface area contributed by atoms with E-state index in [-0.39, 0.29) is 12.7 Å². The van der Waals surface area contributed by atoms with Gasteiger partial charge < -0.3 is 9.47 Å². The number of aromatic nitrogens is 1. The quantitative estimate of drug-likeness (QED) is 0.696. The average molecular weight is 309 g/mol. The molecule has 0 radical (unpaired) electrons. The van der Waals surface area contributed by atoms with Crippen molar-refractivity contribution in [3.8, 4) is 11.5 Å². The van der Waals surface area contributed by atoms with E-state index in [9.17, 15) is 4.79 Å². The highest BCUT2D eigenvalue weighted by atomic mass is 16.7. The number of fused-ring (bicyclic) bond motifs is 1. The van der Waals surface area contributed by atoms with Gasteiger partial charge in [0.1, 0.15) is 0 Å². The topological polar surface area (TPSA) is 72.8 Å². The lowest BCUT2D eigenvalue weighted by Gasteiger charge is -2.00. The molecule has 1 amide bonds. The molecule has 1 aliphatic rings. The molecule has 0 fully saturated rings. The predicted octanol–water partition coefficient (Wildman–Crippen LogP) is 2.63. The van der Waals surface area contributed by atoms with Crippen LogP contribution < -0.4 is 14.9 Å². The van der Waals surface area contributed by atoms with Gasteiger partial charge in [-0.15, -0.1) is 0 Å². The second-order valence-electron chi connectivity index (χ2n) is 4.88. The fraction of sp³-hybridized carbons (Fsp3) is 0.118. The Kier molecular flexibility index (Phi) is 4.33. The molecule has 0 saturated carbocycles. The second-order valence-corrected chi connectivity index (χ2v) is 4.88. The van der Waals surface area contributed by atoms with Crippen molar-refractivity contribution >= 4 is 17.7 Å². The normalized spacial score (nSPS) is 13.3. The number of pyridine rings is 1.